The molecule has 1 aliphatic heterocycles. The molecule has 0 saturated heterocycles. The molecule has 5 aromatic carbocycles. The van der Waals surface area contributed by atoms with Crippen LogP contribution in [0, 0.1) is 0 Å². The predicted molar refractivity (Wildman–Crippen MR) is 170 cm³/mol. The molecule has 0 atom stereocenters. The molecule has 0 spiro atoms. The van der Waals surface area contributed by atoms with Gasteiger partial charge in [-0.3, -0.25) is 9.98 Å². The maximum absolute atomic E-state index is 5.26. The van der Waals surface area contributed by atoms with Crippen molar-refractivity contribution in [1.82, 2.24) is 9.97 Å². The lowest BCUT2D eigenvalue weighted by molar-refractivity contribution is 1.36. The summed E-state index contributed by atoms with van der Waals surface area (Å²) in [5, 5.41) is 2.20. The monoisotopic (exact) mass is 523 g/mol. The summed E-state index contributed by atoms with van der Waals surface area (Å²) in [7, 11) is 0. The fraction of sp³-hybridized carbons (Fsp3) is 0.0263. The highest BCUT2D eigenvalue weighted by Crippen LogP contribution is 2.37. The van der Waals surface area contributed by atoms with Crippen molar-refractivity contribution >= 4 is 33.2 Å². The standard InChI is InChI=1S/C38H25N3/c1-3-9-25(10-4-1)30-21-22-39-37-31(30)19-20-32-33(26-11-5-2-6-12-26)24-36(41-38(32)37)28-17-15-27(16-18-28)35-23-29-13-7-8-14-34(29)40-35/h1-22,24H,23H2. The number of fused-ring (bicyclic) bond motifs is 4. The molecule has 2 aromatic heterocycles. The summed E-state index contributed by atoms with van der Waals surface area (Å²) >= 11 is 0. The Balaban J connectivity index is 1.30. The smallest absolute Gasteiger partial charge is 0.0978 e. The lowest BCUT2D eigenvalue weighted by Crippen LogP contribution is -2.00. The molecule has 0 N–H and O–H groups in total. The molecule has 192 valence electrons. The fourth-order valence-electron chi connectivity index (χ4n) is 5.91. The minimum Gasteiger partial charge on any atom is -0.254 e. The SMILES string of the molecule is c1ccc(-c2ccnc3c2ccc2c(-c4ccccc4)cc(-c4ccc(C5=Nc6ccccc6C5)cc4)nc23)cc1. The molecule has 0 saturated carbocycles. The first kappa shape index (κ1) is 23.5. The van der Waals surface area contributed by atoms with Crippen LogP contribution in [0.5, 0.6) is 0 Å². The summed E-state index contributed by atoms with van der Waals surface area (Å²) < 4.78 is 0. The summed E-state index contributed by atoms with van der Waals surface area (Å²) in [4.78, 5) is 15.0. The number of hydrogen-bond acceptors (Lipinski definition) is 3. The van der Waals surface area contributed by atoms with E-state index in [2.05, 4.69) is 121 Å². The third-order valence-electron chi connectivity index (χ3n) is 7.98. The normalized spacial score (nSPS) is 12.4. The summed E-state index contributed by atoms with van der Waals surface area (Å²) in [5.41, 5.74) is 13.1. The molecule has 0 bridgehead atoms. The van der Waals surface area contributed by atoms with Crippen molar-refractivity contribution < 1.29 is 0 Å². The van der Waals surface area contributed by atoms with E-state index in [-0.39, 0.29) is 0 Å². The van der Waals surface area contributed by atoms with Gasteiger partial charge in [-0.25, -0.2) is 4.98 Å². The minimum absolute atomic E-state index is 0.864. The Hall–Kier alpha value is -5.41. The lowest BCUT2D eigenvalue weighted by atomic mass is 9.94. The van der Waals surface area contributed by atoms with Crippen molar-refractivity contribution in [1.29, 1.82) is 0 Å². The van der Waals surface area contributed by atoms with E-state index in [1.165, 1.54) is 11.1 Å². The van der Waals surface area contributed by atoms with Gasteiger partial charge in [0.25, 0.3) is 0 Å². The van der Waals surface area contributed by atoms with Crippen molar-refractivity contribution in [2.24, 2.45) is 4.99 Å². The van der Waals surface area contributed by atoms with Gasteiger partial charge >= 0.3 is 0 Å². The molecule has 3 nitrogen and oxygen atoms in total. The highest BCUT2D eigenvalue weighted by atomic mass is 14.8. The molecular weight excluding hydrogens is 498 g/mol. The first-order chi connectivity index (χ1) is 20.3. The first-order valence-corrected chi connectivity index (χ1v) is 13.9. The van der Waals surface area contributed by atoms with Gasteiger partial charge in [-0.1, -0.05) is 115 Å². The second-order valence-electron chi connectivity index (χ2n) is 10.4. The number of benzene rings is 5. The van der Waals surface area contributed by atoms with Gasteiger partial charge in [0, 0.05) is 29.0 Å². The van der Waals surface area contributed by atoms with Gasteiger partial charge in [0.2, 0.25) is 0 Å². The molecule has 0 radical (unpaired) electrons. The van der Waals surface area contributed by atoms with Crippen molar-refractivity contribution in [2.75, 3.05) is 0 Å². The fourth-order valence-corrected chi connectivity index (χ4v) is 5.91. The molecule has 1 aliphatic rings. The van der Waals surface area contributed by atoms with Gasteiger partial charge in [0.15, 0.2) is 0 Å². The summed E-state index contributed by atoms with van der Waals surface area (Å²) in [5.74, 6) is 0. The van der Waals surface area contributed by atoms with Crippen molar-refractivity contribution in [3.05, 3.63) is 151 Å². The zero-order chi connectivity index (χ0) is 27.2. The van der Waals surface area contributed by atoms with Gasteiger partial charge < -0.3 is 0 Å². The third-order valence-corrected chi connectivity index (χ3v) is 7.98. The molecule has 41 heavy (non-hydrogen) atoms. The van der Waals surface area contributed by atoms with Crippen LogP contribution in [-0.4, -0.2) is 15.7 Å². The molecule has 3 heterocycles. The lowest BCUT2D eigenvalue weighted by Gasteiger charge is -2.14. The van der Waals surface area contributed by atoms with Crippen molar-refractivity contribution in [3.63, 3.8) is 0 Å². The molecule has 3 heteroatoms. The molecular formula is C38H25N3. The van der Waals surface area contributed by atoms with E-state index in [9.17, 15) is 0 Å². The second-order valence-corrected chi connectivity index (χ2v) is 10.4. The Morgan fingerprint density at radius 3 is 1.85 bits per heavy atom. The van der Waals surface area contributed by atoms with Crippen LogP contribution in [0.3, 0.4) is 0 Å². The van der Waals surface area contributed by atoms with Crippen LogP contribution in [0.2, 0.25) is 0 Å². The zero-order valence-electron chi connectivity index (χ0n) is 22.3. The van der Waals surface area contributed by atoms with Crippen LogP contribution in [0.15, 0.2) is 145 Å². The quantitative estimate of drug-likeness (QED) is 0.216. The van der Waals surface area contributed by atoms with Gasteiger partial charge in [-0.2, -0.15) is 0 Å². The summed E-state index contributed by atoms with van der Waals surface area (Å²) in [6.07, 6.45) is 2.76. The number of rotatable bonds is 4. The van der Waals surface area contributed by atoms with E-state index >= 15 is 0 Å². The maximum atomic E-state index is 5.26. The van der Waals surface area contributed by atoms with E-state index < -0.39 is 0 Å². The van der Waals surface area contributed by atoms with Crippen LogP contribution < -0.4 is 0 Å². The highest BCUT2D eigenvalue weighted by molar-refractivity contribution is 6.12. The van der Waals surface area contributed by atoms with Gasteiger partial charge in [-0.15, -0.1) is 0 Å². The average molecular weight is 524 g/mol. The number of para-hydroxylation sites is 1. The average Bonchev–Trinajstić information content (AvgIpc) is 3.49. The Kier molecular flexibility index (Phi) is 5.53. The number of nitrogens with zero attached hydrogens (tertiary/aromatic N) is 3. The van der Waals surface area contributed by atoms with Crippen LogP contribution in [0.1, 0.15) is 11.1 Å². The number of pyridine rings is 2. The van der Waals surface area contributed by atoms with Crippen LogP contribution in [0.25, 0.3) is 55.3 Å². The van der Waals surface area contributed by atoms with Crippen molar-refractivity contribution in [3.8, 4) is 33.5 Å². The van der Waals surface area contributed by atoms with E-state index in [0.29, 0.717) is 0 Å². The summed E-state index contributed by atoms with van der Waals surface area (Å²) in [6.45, 7) is 0. The largest absolute Gasteiger partial charge is 0.254 e. The Labute approximate surface area is 238 Å². The van der Waals surface area contributed by atoms with Crippen molar-refractivity contribution in [2.45, 2.75) is 6.42 Å². The first-order valence-electron chi connectivity index (χ1n) is 13.9. The van der Waals surface area contributed by atoms with E-state index in [1.54, 1.807) is 0 Å². The topological polar surface area (TPSA) is 38.1 Å². The second kappa shape index (κ2) is 9.65. The predicted octanol–water partition coefficient (Wildman–Crippen LogP) is 9.46. The van der Waals surface area contributed by atoms with Gasteiger partial charge in [0.1, 0.15) is 0 Å². The summed E-state index contributed by atoms with van der Waals surface area (Å²) in [6, 6.07) is 46.8. The Morgan fingerprint density at radius 2 is 1.12 bits per heavy atom. The van der Waals surface area contributed by atoms with Gasteiger partial charge in [-0.05, 0) is 51.6 Å². The van der Waals surface area contributed by atoms with Crippen LogP contribution in [-0.2, 0) is 6.42 Å². The van der Waals surface area contributed by atoms with Gasteiger partial charge in [0.05, 0.1) is 28.1 Å². The van der Waals surface area contributed by atoms with Crippen LogP contribution >= 0.6 is 0 Å². The zero-order valence-corrected chi connectivity index (χ0v) is 22.3. The molecule has 0 fully saturated rings. The van der Waals surface area contributed by atoms with E-state index in [0.717, 1.165) is 73.1 Å². The molecule has 7 aromatic rings. The molecule has 0 amide bonds. The number of aromatic nitrogens is 2. The molecule has 0 aliphatic carbocycles. The number of aliphatic imine (C=N–C) groups is 1. The van der Waals surface area contributed by atoms with Crippen LogP contribution in [0.4, 0.5) is 5.69 Å². The minimum atomic E-state index is 0.864. The highest BCUT2D eigenvalue weighted by Gasteiger charge is 2.17. The third kappa shape index (κ3) is 4.11. The van der Waals surface area contributed by atoms with E-state index in [4.69, 9.17) is 15.0 Å². The Morgan fingerprint density at radius 1 is 0.488 bits per heavy atom. The molecule has 0 unspecified atom stereocenters. The maximum Gasteiger partial charge on any atom is 0.0978 e. The van der Waals surface area contributed by atoms with E-state index in [1.807, 2.05) is 18.3 Å². The Bertz CT molecular complexity index is 2090. The molecule has 8 rings (SSSR count). The number of hydrogen-bond donors (Lipinski definition) is 0.